The Kier molecular flexibility index (Phi) is 5.44. The van der Waals surface area contributed by atoms with E-state index in [1.54, 1.807) is 50.4 Å². The smallest absolute Gasteiger partial charge is 0.350 e. The van der Waals surface area contributed by atoms with Gasteiger partial charge in [-0.1, -0.05) is 0 Å². The Balaban J connectivity index is 1.46. The number of benzene rings is 2. The monoisotopic (exact) mass is 486 g/mol. The third kappa shape index (κ3) is 3.92. The number of primary amides is 1. The zero-order chi connectivity index (χ0) is 25.6. The quantitative estimate of drug-likeness (QED) is 0.391. The molecule has 5 aromatic rings. The zero-order valence-corrected chi connectivity index (χ0v) is 19.2. The van der Waals surface area contributed by atoms with Gasteiger partial charge < -0.3 is 15.5 Å². The molecule has 0 saturated carbocycles. The van der Waals surface area contributed by atoms with Gasteiger partial charge in [-0.3, -0.25) is 9.59 Å². The lowest BCUT2D eigenvalue weighted by molar-refractivity contribution is 0.0992. The highest BCUT2D eigenvalue weighted by Crippen LogP contribution is 2.30. The summed E-state index contributed by atoms with van der Waals surface area (Å²) in [6.07, 6.45) is 1.47. The molecule has 36 heavy (non-hydrogen) atoms. The first-order chi connectivity index (χ1) is 17.2. The van der Waals surface area contributed by atoms with Crippen LogP contribution >= 0.6 is 0 Å². The van der Waals surface area contributed by atoms with Crippen LogP contribution in [0.15, 0.2) is 70.0 Å². The molecule has 0 aliphatic carbocycles. The number of aryl methyl sites for hydroxylation is 2. The highest BCUT2D eigenvalue weighted by molar-refractivity contribution is 6.10. The molecular weight excluding hydrogens is 467 g/mol. The number of hydrogen-bond acceptors (Lipinski definition) is 6. The number of nitrogens with one attached hydrogen (secondary N) is 1. The van der Waals surface area contributed by atoms with Crippen molar-refractivity contribution in [2.45, 2.75) is 6.92 Å². The average Bonchev–Trinajstić information content (AvgIpc) is 3.40. The van der Waals surface area contributed by atoms with Crippen LogP contribution in [0.5, 0.6) is 0 Å². The van der Waals surface area contributed by atoms with Crippen molar-refractivity contribution in [1.82, 2.24) is 19.3 Å². The summed E-state index contributed by atoms with van der Waals surface area (Å²) in [7, 11) is 1.59. The molecule has 2 amide bonds. The van der Waals surface area contributed by atoms with E-state index in [-0.39, 0.29) is 28.2 Å². The highest BCUT2D eigenvalue weighted by Gasteiger charge is 2.19. The summed E-state index contributed by atoms with van der Waals surface area (Å²) in [6.45, 7) is 1.74. The fourth-order valence-electron chi connectivity index (χ4n) is 3.91. The van der Waals surface area contributed by atoms with E-state index < -0.39 is 17.6 Å². The summed E-state index contributed by atoms with van der Waals surface area (Å²) in [5.74, 6) is -1.29. The van der Waals surface area contributed by atoms with Gasteiger partial charge in [0.2, 0.25) is 0 Å². The number of amides is 2. The molecule has 2 aromatic carbocycles. The first-order valence-electron chi connectivity index (χ1n) is 10.8. The highest BCUT2D eigenvalue weighted by atomic mass is 19.1. The molecule has 0 radical (unpaired) electrons. The minimum Gasteiger partial charge on any atom is -0.454 e. The second kappa shape index (κ2) is 8.62. The fraction of sp³-hybridized carbons (Fsp3) is 0.0800. The molecule has 3 heterocycles. The van der Waals surface area contributed by atoms with Crippen LogP contribution in [-0.2, 0) is 7.05 Å². The maximum absolute atomic E-state index is 13.8. The van der Waals surface area contributed by atoms with Crippen LogP contribution < -0.4 is 16.7 Å². The van der Waals surface area contributed by atoms with Gasteiger partial charge in [0.1, 0.15) is 17.4 Å². The van der Waals surface area contributed by atoms with Crippen LogP contribution in [-0.4, -0.2) is 31.1 Å². The van der Waals surface area contributed by atoms with Gasteiger partial charge in [-0.25, -0.2) is 23.4 Å². The van der Waals surface area contributed by atoms with E-state index in [0.29, 0.717) is 22.7 Å². The van der Waals surface area contributed by atoms with Crippen LogP contribution in [0.4, 0.5) is 10.1 Å². The molecule has 10 nitrogen and oxygen atoms in total. The third-order valence-corrected chi connectivity index (χ3v) is 5.63. The Bertz CT molecular complexity index is 1720. The SMILES string of the molecule is Cc1nn(C)c(=O)n1-c1ccc(-c2cc3ccnc(C(=O)Nc4ccc(F)c(C(N)=O)c4)c3o2)cc1. The van der Waals surface area contributed by atoms with Gasteiger partial charge in [0.15, 0.2) is 11.3 Å². The van der Waals surface area contributed by atoms with E-state index in [1.165, 1.54) is 21.5 Å². The van der Waals surface area contributed by atoms with Crippen molar-refractivity contribution >= 4 is 28.5 Å². The zero-order valence-electron chi connectivity index (χ0n) is 19.2. The van der Waals surface area contributed by atoms with Crippen molar-refractivity contribution in [3.8, 4) is 17.0 Å². The summed E-state index contributed by atoms with van der Waals surface area (Å²) < 4.78 is 22.5. The molecule has 0 unspecified atom stereocenters. The Morgan fingerprint density at radius 2 is 1.83 bits per heavy atom. The fourth-order valence-corrected chi connectivity index (χ4v) is 3.91. The number of halogens is 1. The van der Waals surface area contributed by atoms with E-state index >= 15 is 0 Å². The Morgan fingerprint density at radius 3 is 2.50 bits per heavy atom. The van der Waals surface area contributed by atoms with Crippen molar-refractivity contribution in [1.29, 1.82) is 0 Å². The molecule has 3 aromatic heterocycles. The van der Waals surface area contributed by atoms with Gasteiger partial charge in [0.05, 0.1) is 11.3 Å². The number of hydrogen-bond donors (Lipinski definition) is 2. The van der Waals surface area contributed by atoms with E-state index in [4.69, 9.17) is 10.2 Å². The maximum atomic E-state index is 13.8. The van der Waals surface area contributed by atoms with E-state index in [0.717, 1.165) is 17.7 Å². The van der Waals surface area contributed by atoms with Gasteiger partial charge in [0, 0.05) is 29.9 Å². The lowest BCUT2D eigenvalue weighted by atomic mass is 10.1. The maximum Gasteiger partial charge on any atom is 0.350 e. The number of nitrogens with zero attached hydrogens (tertiary/aromatic N) is 4. The summed E-state index contributed by atoms with van der Waals surface area (Å²) in [5, 5.41) is 7.36. The molecular formula is C25H19FN6O4. The second-order valence-electron chi connectivity index (χ2n) is 8.04. The number of carbonyl (C=O) groups is 2. The average molecular weight is 486 g/mol. The van der Waals surface area contributed by atoms with Crippen molar-refractivity contribution in [3.63, 3.8) is 0 Å². The molecule has 0 atom stereocenters. The summed E-state index contributed by atoms with van der Waals surface area (Å²) in [6, 6.07) is 14.1. The molecule has 180 valence electrons. The van der Waals surface area contributed by atoms with Crippen LogP contribution in [0.3, 0.4) is 0 Å². The van der Waals surface area contributed by atoms with E-state index in [2.05, 4.69) is 15.4 Å². The Labute approximate surface area is 202 Å². The van der Waals surface area contributed by atoms with Gasteiger partial charge >= 0.3 is 5.69 Å². The molecule has 0 spiro atoms. The first kappa shape index (κ1) is 22.7. The molecule has 5 rings (SSSR count). The van der Waals surface area contributed by atoms with Gasteiger partial charge in [-0.15, -0.1) is 0 Å². The Hall–Kier alpha value is -5.06. The molecule has 0 aliphatic rings. The number of pyridine rings is 1. The molecule has 0 aliphatic heterocycles. The predicted molar refractivity (Wildman–Crippen MR) is 129 cm³/mol. The number of carbonyl (C=O) groups excluding carboxylic acids is 2. The summed E-state index contributed by atoms with van der Waals surface area (Å²) >= 11 is 0. The van der Waals surface area contributed by atoms with Crippen LogP contribution in [0.2, 0.25) is 0 Å². The number of furan rings is 1. The second-order valence-corrected chi connectivity index (χ2v) is 8.04. The lowest BCUT2D eigenvalue weighted by Crippen LogP contribution is -2.21. The number of aromatic nitrogens is 4. The largest absolute Gasteiger partial charge is 0.454 e. The lowest BCUT2D eigenvalue weighted by Gasteiger charge is -2.07. The minimum absolute atomic E-state index is 0.0119. The van der Waals surface area contributed by atoms with Gasteiger partial charge in [-0.05, 0) is 61.5 Å². The predicted octanol–water partition coefficient (Wildman–Crippen LogP) is 3.18. The first-order valence-corrected chi connectivity index (χ1v) is 10.8. The standard InChI is InChI=1S/C25H19FN6O4/c1-13-30-31(2)25(35)32(13)17-6-3-14(4-7-17)20-11-15-9-10-28-21(22(15)36-20)24(34)29-16-5-8-19(26)18(12-16)23(27)33/h3-12H,1-2H3,(H2,27,33)(H,29,34). The number of nitrogens with two attached hydrogens (primary N) is 1. The van der Waals surface area contributed by atoms with Crippen molar-refractivity contribution in [3.05, 3.63) is 94.2 Å². The van der Waals surface area contributed by atoms with Gasteiger partial charge in [0.25, 0.3) is 11.8 Å². The molecule has 3 N–H and O–H groups in total. The third-order valence-electron chi connectivity index (χ3n) is 5.63. The summed E-state index contributed by atoms with van der Waals surface area (Å²) in [4.78, 5) is 40.8. The molecule has 11 heteroatoms. The van der Waals surface area contributed by atoms with E-state index in [1.807, 2.05) is 0 Å². The number of fused-ring (bicyclic) bond motifs is 1. The topological polar surface area (TPSA) is 138 Å². The minimum atomic E-state index is -0.950. The Morgan fingerprint density at radius 1 is 1.08 bits per heavy atom. The van der Waals surface area contributed by atoms with Gasteiger partial charge in [-0.2, -0.15) is 5.10 Å². The van der Waals surface area contributed by atoms with E-state index in [9.17, 15) is 18.8 Å². The van der Waals surface area contributed by atoms with Crippen LogP contribution in [0.1, 0.15) is 26.7 Å². The number of rotatable bonds is 5. The summed E-state index contributed by atoms with van der Waals surface area (Å²) in [5.41, 5.74) is 6.40. The van der Waals surface area contributed by atoms with Crippen molar-refractivity contribution in [2.75, 3.05) is 5.32 Å². The normalized spacial score (nSPS) is 11.1. The number of anilines is 1. The van der Waals surface area contributed by atoms with Crippen LogP contribution in [0.25, 0.3) is 28.0 Å². The van der Waals surface area contributed by atoms with Crippen LogP contribution in [0, 0.1) is 12.7 Å². The molecule has 0 fully saturated rings. The molecule has 0 saturated heterocycles. The molecule has 0 bridgehead atoms. The van der Waals surface area contributed by atoms with Crippen molar-refractivity contribution < 1.29 is 18.4 Å². The van der Waals surface area contributed by atoms with Crippen molar-refractivity contribution in [2.24, 2.45) is 12.8 Å².